The fraction of sp³-hybridized carbons (Fsp3) is 0.154. The Balaban J connectivity index is 2.05. The summed E-state index contributed by atoms with van der Waals surface area (Å²) >= 11 is 0. The average molecular weight is 294 g/mol. The molecule has 1 unspecified atom stereocenters. The molecule has 8 heteroatoms. The molecule has 0 bridgehead atoms. The lowest BCUT2D eigenvalue weighted by molar-refractivity contribution is -0.159. The quantitative estimate of drug-likeness (QED) is 0.786. The number of para-hydroxylation sites is 1. The highest BCUT2D eigenvalue weighted by Gasteiger charge is 2.39. The van der Waals surface area contributed by atoms with Crippen LogP contribution in [0.3, 0.4) is 0 Å². The largest absolute Gasteiger partial charge is 0.471 e. The van der Waals surface area contributed by atoms with Gasteiger partial charge in [0.1, 0.15) is 0 Å². The molecule has 0 saturated carbocycles. The molecule has 3 rings (SSSR count). The van der Waals surface area contributed by atoms with E-state index in [1.165, 1.54) is 0 Å². The Labute approximate surface area is 116 Å². The third-order valence-electron chi connectivity index (χ3n) is 2.96. The number of benzene rings is 1. The zero-order chi connectivity index (χ0) is 15.0. The van der Waals surface area contributed by atoms with E-state index in [9.17, 15) is 13.2 Å². The number of alkyl halides is 3. The average Bonchev–Trinajstić information content (AvgIpc) is 2.96. The summed E-state index contributed by atoms with van der Waals surface area (Å²) in [6.45, 7) is 0. The predicted octanol–water partition coefficient (Wildman–Crippen LogP) is 2.68. The van der Waals surface area contributed by atoms with Gasteiger partial charge < -0.3 is 10.3 Å². The van der Waals surface area contributed by atoms with Gasteiger partial charge in [-0.3, -0.25) is 4.98 Å². The van der Waals surface area contributed by atoms with Gasteiger partial charge in [0.2, 0.25) is 0 Å². The van der Waals surface area contributed by atoms with Gasteiger partial charge in [-0.2, -0.15) is 18.2 Å². The standard InChI is InChI=1S/C13H9F3N4O/c14-13(15,16)12-19-11(20-21-12)9(17)8-5-1-3-7-4-2-6-18-10(7)8/h1-6,9H,17H2. The molecule has 2 aromatic heterocycles. The molecule has 0 aliphatic rings. The number of hydrogen-bond donors (Lipinski definition) is 1. The van der Waals surface area contributed by atoms with Gasteiger partial charge in [-0.1, -0.05) is 29.4 Å². The molecule has 5 nitrogen and oxygen atoms in total. The molecule has 2 N–H and O–H groups in total. The van der Waals surface area contributed by atoms with Crippen LogP contribution in [-0.4, -0.2) is 15.1 Å². The minimum Gasteiger partial charge on any atom is -0.329 e. The summed E-state index contributed by atoms with van der Waals surface area (Å²) in [5.74, 6) is -1.65. The van der Waals surface area contributed by atoms with Crippen molar-refractivity contribution in [2.45, 2.75) is 12.2 Å². The lowest BCUT2D eigenvalue weighted by Gasteiger charge is -2.10. The van der Waals surface area contributed by atoms with Gasteiger partial charge in [-0.05, 0) is 6.07 Å². The first-order valence-electron chi connectivity index (χ1n) is 5.97. The highest BCUT2D eigenvalue weighted by Crippen LogP contribution is 2.30. The topological polar surface area (TPSA) is 77.8 Å². The lowest BCUT2D eigenvalue weighted by Crippen LogP contribution is -2.15. The van der Waals surface area contributed by atoms with Crippen molar-refractivity contribution in [2.24, 2.45) is 5.73 Å². The van der Waals surface area contributed by atoms with E-state index in [-0.39, 0.29) is 5.82 Å². The van der Waals surface area contributed by atoms with Gasteiger partial charge in [0, 0.05) is 17.1 Å². The summed E-state index contributed by atoms with van der Waals surface area (Å²) in [6.07, 6.45) is -3.11. The van der Waals surface area contributed by atoms with Gasteiger partial charge in [-0.25, -0.2) is 0 Å². The first kappa shape index (κ1) is 13.5. The Kier molecular flexibility index (Phi) is 3.09. The van der Waals surface area contributed by atoms with Crippen molar-refractivity contribution in [3.8, 4) is 0 Å². The molecule has 0 fully saturated rings. The third-order valence-corrected chi connectivity index (χ3v) is 2.96. The fourth-order valence-electron chi connectivity index (χ4n) is 1.99. The normalized spacial score (nSPS) is 13.5. The van der Waals surface area contributed by atoms with E-state index in [0.717, 1.165) is 5.39 Å². The molecule has 0 saturated heterocycles. The second-order valence-electron chi connectivity index (χ2n) is 4.36. The summed E-state index contributed by atoms with van der Waals surface area (Å²) in [5, 5.41) is 4.13. The number of aromatic nitrogens is 3. The highest BCUT2D eigenvalue weighted by atomic mass is 19.4. The van der Waals surface area contributed by atoms with Crippen LogP contribution in [0, 0.1) is 0 Å². The molecule has 0 aliphatic carbocycles. The molecule has 1 aromatic carbocycles. The number of hydrogen-bond acceptors (Lipinski definition) is 5. The molecular weight excluding hydrogens is 285 g/mol. The monoisotopic (exact) mass is 294 g/mol. The van der Waals surface area contributed by atoms with Crippen molar-refractivity contribution in [2.75, 3.05) is 0 Å². The minimum absolute atomic E-state index is 0.236. The van der Waals surface area contributed by atoms with Crippen LogP contribution in [0.25, 0.3) is 10.9 Å². The molecule has 0 amide bonds. The molecule has 0 aliphatic heterocycles. The van der Waals surface area contributed by atoms with Crippen molar-refractivity contribution in [1.29, 1.82) is 0 Å². The molecule has 1 atom stereocenters. The van der Waals surface area contributed by atoms with Gasteiger partial charge in [0.25, 0.3) is 0 Å². The molecule has 21 heavy (non-hydrogen) atoms. The highest BCUT2D eigenvalue weighted by molar-refractivity contribution is 5.82. The number of halogens is 3. The second kappa shape index (κ2) is 4.81. The van der Waals surface area contributed by atoms with Crippen molar-refractivity contribution < 1.29 is 17.7 Å². The van der Waals surface area contributed by atoms with Crippen LogP contribution in [0.2, 0.25) is 0 Å². The van der Waals surface area contributed by atoms with E-state index < -0.39 is 18.1 Å². The molecule has 2 heterocycles. The van der Waals surface area contributed by atoms with Gasteiger partial charge in [-0.15, -0.1) is 0 Å². The maximum atomic E-state index is 12.5. The van der Waals surface area contributed by atoms with E-state index in [4.69, 9.17) is 5.73 Å². The van der Waals surface area contributed by atoms with Crippen LogP contribution in [0.4, 0.5) is 13.2 Å². The van der Waals surface area contributed by atoms with Crippen molar-refractivity contribution >= 4 is 10.9 Å². The summed E-state index contributed by atoms with van der Waals surface area (Å²) in [6, 6.07) is 7.87. The van der Waals surface area contributed by atoms with Gasteiger partial charge in [0.05, 0.1) is 11.6 Å². The number of fused-ring (bicyclic) bond motifs is 1. The Bertz CT molecular complexity index is 779. The third kappa shape index (κ3) is 2.45. The smallest absolute Gasteiger partial charge is 0.329 e. The number of nitrogens with two attached hydrogens (primary N) is 1. The maximum absolute atomic E-state index is 12.5. The van der Waals surface area contributed by atoms with Crippen LogP contribution in [0.1, 0.15) is 23.3 Å². The van der Waals surface area contributed by atoms with Crippen molar-refractivity contribution in [1.82, 2.24) is 15.1 Å². The maximum Gasteiger partial charge on any atom is 0.471 e. The van der Waals surface area contributed by atoms with Gasteiger partial charge in [0.15, 0.2) is 5.82 Å². The molecule has 0 radical (unpaired) electrons. The summed E-state index contributed by atoms with van der Waals surface area (Å²) in [4.78, 5) is 7.50. The molecular formula is C13H9F3N4O. The van der Waals surface area contributed by atoms with Crippen LogP contribution in [-0.2, 0) is 6.18 Å². The Hall–Kier alpha value is -2.48. The summed E-state index contributed by atoms with van der Waals surface area (Å²) in [7, 11) is 0. The Morgan fingerprint density at radius 2 is 1.90 bits per heavy atom. The number of nitrogens with zero attached hydrogens (tertiary/aromatic N) is 3. The van der Waals surface area contributed by atoms with E-state index >= 15 is 0 Å². The van der Waals surface area contributed by atoms with E-state index in [1.807, 2.05) is 12.1 Å². The Morgan fingerprint density at radius 3 is 2.62 bits per heavy atom. The second-order valence-corrected chi connectivity index (χ2v) is 4.36. The molecule has 3 aromatic rings. The van der Waals surface area contributed by atoms with Crippen LogP contribution >= 0.6 is 0 Å². The zero-order valence-corrected chi connectivity index (χ0v) is 10.5. The van der Waals surface area contributed by atoms with Crippen LogP contribution in [0.15, 0.2) is 41.1 Å². The first-order chi connectivity index (χ1) is 9.97. The lowest BCUT2D eigenvalue weighted by atomic mass is 10.0. The first-order valence-corrected chi connectivity index (χ1v) is 5.97. The SMILES string of the molecule is NC(c1noc(C(F)(F)F)n1)c1cccc2cccnc12. The summed E-state index contributed by atoms with van der Waals surface area (Å²) < 4.78 is 41.6. The van der Waals surface area contributed by atoms with E-state index in [2.05, 4.69) is 19.6 Å². The Morgan fingerprint density at radius 1 is 1.14 bits per heavy atom. The fourth-order valence-corrected chi connectivity index (χ4v) is 1.99. The van der Waals surface area contributed by atoms with Crippen LogP contribution < -0.4 is 5.73 Å². The predicted molar refractivity (Wildman–Crippen MR) is 67.1 cm³/mol. The summed E-state index contributed by atoms with van der Waals surface area (Å²) in [5.41, 5.74) is 7.07. The van der Waals surface area contributed by atoms with E-state index in [0.29, 0.717) is 11.1 Å². The van der Waals surface area contributed by atoms with Crippen molar-refractivity contribution in [3.05, 3.63) is 53.8 Å². The zero-order valence-electron chi connectivity index (χ0n) is 10.5. The minimum atomic E-state index is -4.69. The van der Waals surface area contributed by atoms with Crippen molar-refractivity contribution in [3.63, 3.8) is 0 Å². The van der Waals surface area contributed by atoms with Gasteiger partial charge >= 0.3 is 12.1 Å². The number of rotatable bonds is 2. The number of pyridine rings is 1. The molecule has 0 spiro atoms. The molecule has 108 valence electrons. The van der Waals surface area contributed by atoms with Crippen LogP contribution in [0.5, 0.6) is 0 Å². The van der Waals surface area contributed by atoms with E-state index in [1.54, 1.807) is 24.4 Å².